The number of hydrogen-bond acceptors (Lipinski definition) is 2. The van der Waals surface area contributed by atoms with Crippen molar-refractivity contribution in [3.63, 3.8) is 0 Å². The second-order valence-corrected chi connectivity index (χ2v) is 3.84. The highest BCUT2D eigenvalue weighted by molar-refractivity contribution is 7.17. The molecule has 4 unspecified atom stereocenters. The smallest absolute Gasteiger partial charge is 0.0198 e. The first kappa shape index (κ1) is 7.46. The van der Waals surface area contributed by atoms with E-state index in [-0.39, 0.29) is 12.1 Å². The number of rotatable bonds is 0. The van der Waals surface area contributed by atoms with Crippen molar-refractivity contribution in [1.82, 2.24) is 0 Å². The summed E-state index contributed by atoms with van der Waals surface area (Å²) < 4.78 is 0. The van der Waals surface area contributed by atoms with Gasteiger partial charge in [-0.05, 0) is 24.9 Å². The lowest BCUT2D eigenvalue weighted by molar-refractivity contribution is 0.392. The Kier molecular flexibility index (Phi) is 2.45. The van der Waals surface area contributed by atoms with Gasteiger partial charge in [0.05, 0.1) is 0 Å². The Morgan fingerprint density at radius 3 is 2.22 bits per heavy atom. The molecular formula is C6H15N2P. The summed E-state index contributed by atoms with van der Waals surface area (Å²) in [5.41, 5.74) is 12.1. The van der Waals surface area contributed by atoms with E-state index in [1.165, 1.54) is 6.42 Å². The monoisotopic (exact) mass is 146 g/mol. The molecule has 0 heterocycles. The van der Waals surface area contributed by atoms with Crippen LogP contribution in [0.25, 0.3) is 0 Å². The fourth-order valence-electron chi connectivity index (χ4n) is 1.26. The predicted octanol–water partition coefficient (Wildman–Crippen LogP) is 0.0686. The molecule has 4 N–H and O–H groups in total. The molecule has 0 aromatic carbocycles. The summed E-state index contributed by atoms with van der Waals surface area (Å²) in [5, 5.41) is 0. The number of hydrogen-bond donors (Lipinski definition) is 2. The maximum atomic E-state index is 5.73. The Morgan fingerprint density at radius 2 is 1.78 bits per heavy atom. The van der Waals surface area contributed by atoms with Crippen molar-refractivity contribution in [2.75, 3.05) is 0 Å². The first-order valence-corrected chi connectivity index (χ1v) is 4.13. The summed E-state index contributed by atoms with van der Waals surface area (Å²) >= 11 is 0. The van der Waals surface area contributed by atoms with Crippen molar-refractivity contribution in [3.8, 4) is 0 Å². The molecule has 1 rings (SSSR count). The Bertz CT molecular complexity index is 97.1. The van der Waals surface area contributed by atoms with Crippen LogP contribution in [0.2, 0.25) is 0 Å². The van der Waals surface area contributed by atoms with Gasteiger partial charge in [-0.25, -0.2) is 0 Å². The molecule has 1 saturated carbocycles. The topological polar surface area (TPSA) is 52.0 Å². The van der Waals surface area contributed by atoms with Gasteiger partial charge in [-0.2, -0.15) is 0 Å². The fourth-order valence-corrected chi connectivity index (χ4v) is 1.77. The van der Waals surface area contributed by atoms with E-state index in [0.717, 1.165) is 12.8 Å². The second-order valence-electron chi connectivity index (χ2n) is 2.90. The van der Waals surface area contributed by atoms with Crippen LogP contribution in [0.3, 0.4) is 0 Å². The minimum Gasteiger partial charge on any atom is -0.326 e. The third-order valence-corrected chi connectivity index (χ3v) is 2.60. The molecular weight excluding hydrogens is 131 g/mol. The quantitative estimate of drug-likeness (QED) is 0.475. The van der Waals surface area contributed by atoms with E-state index in [2.05, 4.69) is 9.24 Å². The van der Waals surface area contributed by atoms with Crippen LogP contribution in [0.5, 0.6) is 0 Å². The van der Waals surface area contributed by atoms with Gasteiger partial charge in [0.25, 0.3) is 0 Å². The molecule has 9 heavy (non-hydrogen) atoms. The van der Waals surface area contributed by atoms with Crippen molar-refractivity contribution < 1.29 is 0 Å². The molecule has 2 nitrogen and oxygen atoms in total. The lowest BCUT2D eigenvalue weighted by atomic mass is 9.91. The summed E-state index contributed by atoms with van der Waals surface area (Å²) in [4.78, 5) is 0. The van der Waals surface area contributed by atoms with E-state index >= 15 is 0 Å². The van der Waals surface area contributed by atoms with Crippen LogP contribution in [-0.4, -0.2) is 17.7 Å². The zero-order chi connectivity index (χ0) is 6.85. The highest BCUT2D eigenvalue weighted by Crippen LogP contribution is 2.22. The Balaban J connectivity index is 2.35. The van der Waals surface area contributed by atoms with Crippen LogP contribution in [0, 0.1) is 0 Å². The highest BCUT2D eigenvalue weighted by atomic mass is 31.0. The van der Waals surface area contributed by atoms with Crippen molar-refractivity contribution in [3.05, 3.63) is 0 Å². The van der Waals surface area contributed by atoms with E-state index in [1.54, 1.807) is 0 Å². The average molecular weight is 146 g/mol. The first-order valence-electron chi connectivity index (χ1n) is 3.47. The fraction of sp³-hybridized carbons (Fsp3) is 1.00. The third kappa shape index (κ3) is 1.89. The van der Waals surface area contributed by atoms with E-state index in [4.69, 9.17) is 11.5 Å². The minimum absolute atomic E-state index is 0.237. The first-order chi connectivity index (χ1) is 4.20. The van der Waals surface area contributed by atoms with Gasteiger partial charge in [0, 0.05) is 12.1 Å². The molecule has 1 aliphatic carbocycles. The molecule has 3 heteroatoms. The van der Waals surface area contributed by atoms with E-state index in [0.29, 0.717) is 5.66 Å². The molecule has 0 saturated heterocycles. The zero-order valence-corrected chi connectivity index (χ0v) is 6.74. The van der Waals surface area contributed by atoms with Gasteiger partial charge in [-0.1, -0.05) is 0 Å². The predicted molar refractivity (Wildman–Crippen MR) is 43.3 cm³/mol. The highest BCUT2D eigenvalue weighted by Gasteiger charge is 2.22. The minimum atomic E-state index is 0.237. The van der Waals surface area contributed by atoms with Gasteiger partial charge >= 0.3 is 0 Å². The Morgan fingerprint density at radius 1 is 1.11 bits per heavy atom. The van der Waals surface area contributed by atoms with Gasteiger partial charge in [0.15, 0.2) is 0 Å². The van der Waals surface area contributed by atoms with E-state index in [9.17, 15) is 0 Å². The van der Waals surface area contributed by atoms with Gasteiger partial charge in [-0.3, -0.25) is 0 Å². The zero-order valence-electron chi connectivity index (χ0n) is 5.59. The second kappa shape index (κ2) is 2.96. The summed E-state index contributed by atoms with van der Waals surface area (Å²) in [5.74, 6) is 0. The standard InChI is InChI=1S/C6H15N2P/c7-5-2-1-4(9)3-6(5)8/h4-6H,1-3,7-9H2. The Hall–Kier alpha value is 0.350. The van der Waals surface area contributed by atoms with Crippen LogP contribution in [0.15, 0.2) is 0 Å². The van der Waals surface area contributed by atoms with Crippen LogP contribution in [0.1, 0.15) is 19.3 Å². The maximum absolute atomic E-state index is 5.73. The molecule has 1 fully saturated rings. The van der Waals surface area contributed by atoms with Crippen molar-refractivity contribution in [2.24, 2.45) is 11.5 Å². The van der Waals surface area contributed by atoms with Crippen LogP contribution < -0.4 is 11.5 Å². The van der Waals surface area contributed by atoms with Gasteiger partial charge in [0.2, 0.25) is 0 Å². The SMILES string of the molecule is NC1CCC(P)CC1N. The molecule has 0 aromatic rings. The van der Waals surface area contributed by atoms with E-state index in [1.807, 2.05) is 0 Å². The summed E-state index contributed by atoms with van der Waals surface area (Å²) in [6, 6.07) is 0.489. The van der Waals surface area contributed by atoms with Gasteiger partial charge < -0.3 is 11.5 Å². The maximum Gasteiger partial charge on any atom is 0.0198 e. The van der Waals surface area contributed by atoms with Crippen LogP contribution >= 0.6 is 9.24 Å². The molecule has 0 aliphatic heterocycles. The van der Waals surface area contributed by atoms with Crippen molar-refractivity contribution in [1.29, 1.82) is 0 Å². The average Bonchev–Trinajstić information content (AvgIpc) is 1.80. The van der Waals surface area contributed by atoms with Crippen molar-refractivity contribution in [2.45, 2.75) is 37.0 Å². The molecule has 0 radical (unpaired) electrons. The van der Waals surface area contributed by atoms with Gasteiger partial charge in [-0.15, -0.1) is 9.24 Å². The third-order valence-electron chi connectivity index (χ3n) is 2.00. The van der Waals surface area contributed by atoms with Crippen LogP contribution in [0.4, 0.5) is 0 Å². The molecule has 1 aliphatic rings. The summed E-state index contributed by atoms with van der Waals surface area (Å²) in [6.45, 7) is 0. The summed E-state index contributed by atoms with van der Waals surface area (Å²) in [6.07, 6.45) is 3.39. The largest absolute Gasteiger partial charge is 0.326 e. The molecule has 54 valence electrons. The van der Waals surface area contributed by atoms with E-state index < -0.39 is 0 Å². The Labute approximate surface area is 58.6 Å². The lowest BCUT2D eigenvalue weighted by Crippen LogP contribution is -2.46. The number of nitrogens with two attached hydrogens (primary N) is 2. The molecule has 4 atom stereocenters. The van der Waals surface area contributed by atoms with Gasteiger partial charge in [0.1, 0.15) is 0 Å². The van der Waals surface area contributed by atoms with Crippen LogP contribution in [-0.2, 0) is 0 Å². The lowest BCUT2D eigenvalue weighted by Gasteiger charge is -2.29. The molecule has 0 spiro atoms. The molecule has 0 amide bonds. The van der Waals surface area contributed by atoms with Crippen molar-refractivity contribution >= 4 is 9.24 Å². The normalized spacial score (nSPS) is 45.0. The molecule has 0 aromatic heterocycles. The molecule has 0 bridgehead atoms. The summed E-state index contributed by atoms with van der Waals surface area (Å²) in [7, 11) is 2.81.